The summed E-state index contributed by atoms with van der Waals surface area (Å²) in [6, 6.07) is 5.19. The molecule has 0 bridgehead atoms. The number of carbonyl (C=O) groups excluding carboxylic acids is 1. The number of carbonyl (C=O) groups is 1. The molecule has 1 atom stereocenters. The molecule has 5 heteroatoms. The van der Waals surface area contributed by atoms with Crippen LogP contribution in [0.25, 0.3) is 0 Å². The standard InChI is InChI=1S/C10H12BrNO3/c1-6(10(13)14-2)15-9-4-3-7(11)5-8(9)12/h3-6H,12H2,1-2H3. The molecule has 1 aromatic rings. The zero-order valence-corrected chi connectivity index (χ0v) is 10.1. The molecular formula is C10H12BrNO3. The largest absolute Gasteiger partial charge is 0.477 e. The van der Waals surface area contributed by atoms with Gasteiger partial charge >= 0.3 is 5.97 Å². The van der Waals surface area contributed by atoms with E-state index in [-0.39, 0.29) is 0 Å². The van der Waals surface area contributed by atoms with Crippen molar-refractivity contribution in [2.45, 2.75) is 13.0 Å². The van der Waals surface area contributed by atoms with Crippen LogP contribution in [0.15, 0.2) is 22.7 Å². The topological polar surface area (TPSA) is 61.5 Å². The Balaban J connectivity index is 2.76. The Bertz CT molecular complexity index is 368. The molecule has 0 saturated carbocycles. The fraction of sp³-hybridized carbons (Fsp3) is 0.300. The molecule has 0 spiro atoms. The fourth-order valence-corrected chi connectivity index (χ4v) is 1.41. The van der Waals surface area contributed by atoms with Crippen LogP contribution in [0, 0.1) is 0 Å². The van der Waals surface area contributed by atoms with Crippen LogP contribution in [0.1, 0.15) is 6.92 Å². The highest BCUT2D eigenvalue weighted by Gasteiger charge is 2.15. The van der Waals surface area contributed by atoms with E-state index in [1.807, 2.05) is 0 Å². The number of nitrogens with two attached hydrogens (primary N) is 1. The van der Waals surface area contributed by atoms with Crippen LogP contribution in [0.2, 0.25) is 0 Å². The summed E-state index contributed by atoms with van der Waals surface area (Å²) in [4.78, 5) is 11.1. The van der Waals surface area contributed by atoms with Crippen molar-refractivity contribution in [2.75, 3.05) is 12.8 Å². The molecule has 0 amide bonds. The van der Waals surface area contributed by atoms with Crippen molar-refractivity contribution in [3.8, 4) is 5.75 Å². The number of nitrogen functional groups attached to an aromatic ring is 1. The van der Waals surface area contributed by atoms with Gasteiger partial charge in [0.1, 0.15) is 5.75 Å². The molecule has 1 unspecified atom stereocenters. The van der Waals surface area contributed by atoms with E-state index >= 15 is 0 Å². The molecule has 4 nitrogen and oxygen atoms in total. The number of ether oxygens (including phenoxy) is 2. The highest BCUT2D eigenvalue weighted by Crippen LogP contribution is 2.26. The summed E-state index contributed by atoms with van der Waals surface area (Å²) in [6.45, 7) is 1.60. The van der Waals surface area contributed by atoms with Crippen LogP contribution in [-0.2, 0) is 9.53 Å². The van der Waals surface area contributed by atoms with Gasteiger partial charge in [0.15, 0.2) is 6.10 Å². The van der Waals surface area contributed by atoms with E-state index in [0.29, 0.717) is 11.4 Å². The summed E-state index contributed by atoms with van der Waals surface area (Å²) in [5, 5.41) is 0. The van der Waals surface area contributed by atoms with Gasteiger partial charge in [-0.15, -0.1) is 0 Å². The Morgan fingerprint density at radius 3 is 2.73 bits per heavy atom. The maximum Gasteiger partial charge on any atom is 0.346 e. The second-order valence-corrected chi connectivity index (χ2v) is 3.88. The summed E-state index contributed by atoms with van der Waals surface area (Å²) < 4.78 is 10.7. The minimum Gasteiger partial charge on any atom is -0.477 e. The number of hydrogen-bond acceptors (Lipinski definition) is 4. The SMILES string of the molecule is COC(=O)C(C)Oc1ccc(Br)cc1N. The van der Waals surface area contributed by atoms with E-state index < -0.39 is 12.1 Å². The highest BCUT2D eigenvalue weighted by atomic mass is 79.9. The molecule has 0 aromatic heterocycles. The Kier molecular flexibility index (Phi) is 3.96. The predicted octanol–water partition coefficient (Wildman–Crippen LogP) is 1.97. The highest BCUT2D eigenvalue weighted by molar-refractivity contribution is 9.10. The van der Waals surface area contributed by atoms with Crippen LogP contribution in [0.3, 0.4) is 0 Å². The van der Waals surface area contributed by atoms with Gasteiger partial charge in [0, 0.05) is 4.47 Å². The molecule has 0 aliphatic carbocycles. The molecule has 1 aromatic carbocycles. The number of esters is 1. The molecule has 0 fully saturated rings. The first-order valence-electron chi connectivity index (χ1n) is 4.34. The fourth-order valence-electron chi connectivity index (χ4n) is 1.03. The third-order valence-corrected chi connectivity index (χ3v) is 2.30. The Labute approximate surface area is 96.5 Å². The molecule has 82 valence electrons. The van der Waals surface area contributed by atoms with Crippen molar-refractivity contribution >= 4 is 27.6 Å². The Hall–Kier alpha value is -1.23. The van der Waals surface area contributed by atoms with Gasteiger partial charge in [0.05, 0.1) is 12.8 Å². The van der Waals surface area contributed by atoms with Crippen molar-refractivity contribution in [2.24, 2.45) is 0 Å². The molecule has 15 heavy (non-hydrogen) atoms. The summed E-state index contributed by atoms with van der Waals surface area (Å²) in [7, 11) is 1.31. The normalized spacial score (nSPS) is 11.9. The van der Waals surface area contributed by atoms with Gasteiger partial charge in [-0.2, -0.15) is 0 Å². The lowest BCUT2D eigenvalue weighted by molar-refractivity contribution is -0.147. The van der Waals surface area contributed by atoms with E-state index in [9.17, 15) is 4.79 Å². The van der Waals surface area contributed by atoms with Gasteiger partial charge < -0.3 is 15.2 Å². The van der Waals surface area contributed by atoms with Crippen molar-refractivity contribution < 1.29 is 14.3 Å². The van der Waals surface area contributed by atoms with E-state index in [2.05, 4.69) is 20.7 Å². The van der Waals surface area contributed by atoms with Gasteiger partial charge in [0.2, 0.25) is 0 Å². The zero-order chi connectivity index (χ0) is 11.4. The second-order valence-electron chi connectivity index (χ2n) is 2.97. The number of anilines is 1. The van der Waals surface area contributed by atoms with Crippen molar-refractivity contribution in [1.82, 2.24) is 0 Å². The number of benzene rings is 1. The lowest BCUT2D eigenvalue weighted by atomic mass is 10.3. The maximum atomic E-state index is 11.1. The average Bonchev–Trinajstić information content (AvgIpc) is 2.20. The molecule has 0 aliphatic heterocycles. The summed E-state index contributed by atoms with van der Waals surface area (Å²) >= 11 is 3.28. The molecule has 0 radical (unpaired) electrons. The maximum absolute atomic E-state index is 11.1. The Morgan fingerprint density at radius 2 is 2.20 bits per heavy atom. The summed E-state index contributed by atoms with van der Waals surface area (Å²) in [5.41, 5.74) is 6.18. The molecule has 0 saturated heterocycles. The minimum atomic E-state index is -0.668. The number of rotatable bonds is 3. The van der Waals surface area contributed by atoms with E-state index in [1.165, 1.54) is 7.11 Å². The predicted molar refractivity (Wildman–Crippen MR) is 60.7 cm³/mol. The summed E-state index contributed by atoms with van der Waals surface area (Å²) in [6.07, 6.45) is -0.668. The van der Waals surface area contributed by atoms with Crippen molar-refractivity contribution in [3.63, 3.8) is 0 Å². The molecule has 2 N–H and O–H groups in total. The Morgan fingerprint density at radius 1 is 1.53 bits per heavy atom. The van der Waals surface area contributed by atoms with Crippen LogP contribution in [0.4, 0.5) is 5.69 Å². The second kappa shape index (κ2) is 5.02. The smallest absolute Gasteiger partial charge is 0.346 e. The third-order valence-electron chi connectivity index (χ3n) is 1.81. The van der Waals surface area contributed by atoms with E-state index in [0.717, 1.165) is 4.47 Å². The van der Waals surface area contributed by atoms with Gasteiger partial charge in [0.25, 0.3) is 0 Å². The van der Waals surface area contributed by atoms with Crippen molar-refractivity contribution in [1.29, 1.82) is 0 Å². The molecule has 0 aliphatic rings. The number of hydrogen-bond donors (Lipinski definition) is 1. The van der Waals surface area contributed by atoms with E-state index in [4.69, 9.17) is 10.5 Å². The third kappa shape index (κ3) is 3.13. The molecule has 1 rings (SSSR count). The minimum absolute atomic E-state index is 0.433. The van der Waals surface area contributed by atoms with Crippen LogP contribution < -0.4 is 10.5 Å². The van der Waals surface area contributed by atoms with Gasteiger partial charge in [-0.1, -0.05) is 15.9 Å². The number of methoxy groups -OCH3 is 1. The first-order chi connectivity index (χ1) is 7.04. The number of halogens is 1. The van der Waals surface area contributed by atoms with Gasteiger partial charge in [-0.05, 0) is 25.1 Å². The monoisotopic (exact) mass is 273 g/mol. The van der Waals surface area contributed by atoms with Crippen LogP contribution in [0.5, 0.6) is 5.75 Å². The van der Waals surface area contributed by atoms with Gasteiger partial charge in [-0.3, -0.25) is 0 Å². The first kappa shape index (κ1) is 11.8. The lowest BCUT2D eigenvalue weighted by Gasteiger charge is -2.13. The quantitative estimate of drug-likeness (QED) is 0.676. The lowest BCUT2D eigenvalue weighted by Crippen LogP contribution is -2.25. The van der Waals surface area contributed by atoms with E-state index in [1.54, 1.807) is 25.1 Å². The van der Waals surface area contributed by atoms with Crippen molar-refractivity contribution in [3.05, 3.63) is 22.7 Å². The molecule has 0 heterocycles. The zero-order valence-electron chi connectivity index (χ0n) is 8.49. The first-order valence-corrected chi connectivity index (χ1v) is 5.13. The molecular weight excluding hydrogens is 262 g/mol. The van der Waals surface area contributed by atoms with Crippen LogP contribution >= 0.6 is 15.9 Å². The van der Waals surface area contributed by atoms with Gasteiger partial charge in [-0.25, -0.2) is 4.79 Å². The summed E-state index contributed by atoms with van der Waals surface area (Å²) in [5.74, 6) is 0.0356. The van der Waals surface area contributed by atoms with Crippen LogP contribution in [-0.4, -0.2) is 19.2 Å². The average molecular weight is 274 g/mol.